The van der Waals surface area contributed by atoms with Gasteiger partial charge in [0.15, 0.2) is 0 Å². The molecule has 0 aliphatic carbocycles. The van der Waals surface area contributed by atoms with Crippen LogP contribution in [0.2, 0.25) is 0 Å². The van der Waals surface area contributed by atoms with E-state index in [1.54, 1.807) is 5.41 Å². The number of amides is 1. The fourth-order valence-corrected chi connectivity index (χ4v) is 2.17. The molecule has 2 atom stereocenters. The molecule has 1 unspecified atom stereocenters. The van der Waals surface area contributed by atoms with Gasteiger partial charge in [0.2, 0.25) is 5.91 Å². The number of thioether (sulfide) groups is 1. The summed E-state index contributed by atoms with van der Waals surface area (Å²) in [5.41, 5.74) is 0. The zero-order valence-electron chi connectivity index (χ0n) is 8.96. The maximum Gasteiger partial charge on any atom is 0.326 e. The molecule has 0 saturated heterocycles. The Bertz CT molecular complexity index is 347. The number of hydrogen-bond donors (Lipinski definition) is 3. The van der Waals surface area contributed by atoms with Crippen LogP contribution in [0.15, 0.2) is 11.5 Å². The number of hydrogen-bond acceptors (Lipinski definition) is 4. The van der Waals surface area contributed by atoms with Crippen molar-refractivity contribution < 1.29 is 24.6 Å². The minimum Gasteiger partial charge on any atom is -0.481 e. The molecule has 0 aromatic carbocycles. The Labute approximate surface area is 102 Å². The first kappa shape index (κ1) is 13.6. The fourth-order valence-electron chi connectivity index (χ4n) is 1.34. The lowest BCUT2D eigenvalue weighted by atomic mass is 10.1. The van der Waals surface area contributed by atoms with E-state index in [-0.39, 0.29) is 24.0 Å². The second-order valence-electron chi connectivity index (χ2n) is 3.56. The topological polar surface area (TPSA) is 104 Å². The molecule has 0 aromatic rings. The molecule has 94 valence electrons. The third-order valence-electron chi connectivity index (χ3n) is 2.24. The van der Waals surface area contributed by atoms with Crippen LogP contribution in [0.4, 0.5) is 0 Å². The summed E-state index contributed by atoms with van der Waals surface area (Å²) in [6.07, 6.45) is 2.01. The highest BCUT2D eigenvalue weighted by molar-refractivity contribution is 8.03. The first-order valence-corrected chi connectivity index (χ1v) is 6.00. The van der Waals surface area contributed by atoms with Gasteiger partial charge < -0.3 is 15.5 Å². The van der Waals surface area contributed by atoms with Crippen LogP contribution in [0.5, 0.6) is 0 Å². The van der Waals surface area contributed by atoms with Gasteiger partial charge in [-0.3, -0.25) is 9.59 Å². The maximum absolute atomic E-state index is 11.6. The number of aliphatic carboxylic acids is 2. The molecule has 1 aliphatic heterocycles. The molecule has 0 aromatic heterocycles. The van der Waals surface area contributed by atoms with Crippen LogP contribution in [-0.4, -0.2) is 39.4 Å². The molecular formula is C10H13NO5S. The number of carbonyl (C=O) groups is 3. The standard InChI is InChI=1S/C10H13NO5S/c12-8(13)4-3-6(10(15)16)11-9(14)7-2-1-5-17-7/h1,5-7H,2-4H2,(H,11,14)(H,12,13)(H,15,16)/t6-,7?/m0/s1. The molecule has 17 heavy (non-hydrogen) atoms. The molecule has 0 fully saturated rings. The highest BCUT2D eigenvalue weighted by Gasteiger charge is 2.26. The summed E-state index contributed by atoms with van der Waals surface area (Å²) in [5.74, 6) is -2.66. The van der Waals surface area contributed by atoms with Crippen molar-refractivity contribution in [1.29, 1.82) is 0 Å². The van der Waals surface area contributed by atoms with E-state index in [1.165, 1.54) is 11.8 Å². The summed E-state index contributed by atoms with van der Waals surface area (Å²) in [4.78, 5) is 32.8. The summed E-state index contributed by atoms with van der Waals surface area (Å²) in [6.45, 7) is 0. The minimum atomic E-state index is -1.21. The van der Waals surface area contributed by atoms with Crippen molar-refractivity contribution in [3.63, 3.8) is 0 Å². The number of rotatable bonds is 6. The van der Waals surface area contributed by atoms with Crippen LogP contribution in [-0.2, 0) is 14.4 Å². The Hall–Kier alpha value is -1.50. The largest absolute Gasteiger partial charge is 0.481 e. The van der Waals surface area contributed by atoms with Gasteiger partial charge >= 0.3 is 11.9 Å². The van der Waals surface area contributed by atoms with Crippen LogP contribution in [0.25, 0.3) is 0 Å². The Kier molecular flexibility index (Phi) is 5.02. The van der Waals surface area contributed by atoms with Gasteiger partial charge in [-0.15, -0.1) is 11.8 Å². The molecule has 0 bridgehead atoms. The molecule has 3 N–H and O–H groups in total. The van der Waals surface area contributed by atoms with E-state index < -0.39 is 18.0 Å². The summed E-state index contributed by atoms with van der Waals surface area (Å²) in [7, 11) is 0. The molecule has 0 radical (unpaired) electrons. The van der Waals surface area contributed by atoms with Crippen LogP contribution in [0, 0.1) is 0 Å². The van der Waals surface area contributed by atoms with Crippen molar-refractivity contribution in [3.8, 4) is 0 Å². The van der Waals surface area contributed by atoms with Crippen molar-refractivity contribution >= 4 is 29.6 Å². The van der Waals surface area contributed by atoms with E-state index in [0.29, 0.717) is 6.42 Å². The van der Waals surface area contributed by atoms with Crippen molar-refractivity contribution in [2.45, 2.75) is 30.6 Å². The summed E-state index contributed by atoms with van der Waals surface area (Å²) >= 11 is 1.33. The van der Waals surface area contributed by atoms with Gasteiger partial charge in [-0.25, -0.2) is 4.79 Å². The number of carbonyl (C=O) groups excluding carboxylic acids is 1. The molecule has 0 spiro atoms. The predicted molar refractivity (Wildman–Crippen MR) is 61.6 cm³/mol. The smallest absolute Gasteiger partial charge is 0.326 e. The van der Waals surface area contributed by atoms with E-state index in [0.717, 1.165) is 0 Å². The quantitative estimate of drug-likeness (QED) is 0.639. The highest BCUT2D eigenvalue weighted by atomic mass is 32.2. The van der Waals surface area contributed by atoms with Gasteiger partial charge in [-0.2, -0.15) is 0 Å². The number of allylic oxidation sites excluding steroid dienone is 1. The Balaban J connectivity index is 2.45. The van der Waals surface area contributed by atoms with Gasteiger partial charge in [0.25, 0.3) is 0 Å². The summed E-state index contributed by atoms with van der Waals surface area (Å²) < 4.78 is 0. The van der Waals surface area contributed by atoms with Crippen molar-refractivity contribution in [2.75, 3.05) is 0 Å². The van der Waals surface area contributed by atoms with Gasteiger partial charge in [-0.1, -0.05) is 6.08 Å². The monoisotopic (exact) mass is 259 g/mol. The van der Waals surface area contributed by atoms with Crippen LogP contribution < -0.4 is 5.32 Å². The maximum atomic E-state index is 11.6. The Morgan fingerprint density at radius 2 is 2.12 bits per heavy atom. The third kappa shape index (κ3) is 4.48. The lowest BCUT2D eigenvalue weighted by Crippen LogP contribution is -2.44. The summed E-state index contributed by atoms with van der Waals surface area (Å²) in [6, 6.07) is -1.14. The van der Waals surface area contributed by atoms with E-state index in [4.69, 9.17) is 10.2 Å². The lowest BCUT2D eigenvalue weighted by molar-refractivity contribution is -0.143. The van der Waals surface area contributed by atoms with Crippen molar-refractivity contribution in [2.24, 2.45) is 0 Å². The molecule has 1 aliphatic rings. The molecular weight excluding hydrogens is 246 g/mol. The van der Waals surface area contributed by atoms with E-state index in [9.17, 15) is 14.4 Å². The van der Waals surface area contributed by atoms with E-state index in [2.05, 4.69) is 5.32 Å². The average molecular weight is 259 g/mol. The summed E-state index contributed by atoms with van der Waals surface area (Å²) in [5, 5.41) is 21.2. The SMILES string of the molecule is O=C(O)CC[C@H](NC(=O)C1CC=CS1)C(=O)O. The first-order chi connectivity index (χ1) is 8.00. The predicted octanol–water partition coefficient (Wildman–Crippen LogP) is 0.440. The van der Waals surface area contributed by atoms with Crippen LogP contribution in [0.1, 0.15) is 19.3 Å². The van der Waals surface area contributed by atoms with Crippen molar-refractivity contribution in [3.05, 3.63) is 11.5 Å². The van der Waals surface area contributed by atoms with Crippen LogP contribution in [0.3, 0.4) is 0 Å². The zero-order valence-corrected chi connectivity index (χ0v) is 9.77. The third-order valence-corrected chi connectivity index (χ3v) is 3.33. The van der Waals surface area contributed by atoms with Crippen molar-refractivity contribution in [1.82, 2.24) is 5.32 Å². The second kappa shape index (κ2) is 6.29. The lowest BCUT2D eigenvalue weighted by Gasteiger charge is -2.16. The van der Waals surface area contributed by atoms with Gasteiger partial charge in [0.1, 0.15) is 6.04 Å². The average Bonchev–Trinajstić information content (AvgIpc) is 2.76. The van der Waals surface area contributed by atoms with Gasteiger partial charge in [0, 0.05) is 6.42 Å². The van der Waals surface area contributed by atoms with Gasteiger partial charge in [0.05, 0.1) is 5.25 Å². The fraction of sp³-hybridized carbons (Fsp3) is 0.500. The molecule has 1 rings (SSSR count). The zero-order chi connectivity index (χ0) is 12.8. The van der Waals surface area contributed by atoms with Gasteiger partial charge in [-0.05, 0) is 18.2 Å². The molecule has 1 heterocycles. The van der Waals surface area contributed by atoms with E-state index >= 15 is 0 Å². The number of carboxylic acids is 2. The Morgan fingerprint density at radius 3 is 2.59 bits per heavy atom. The second-order valence-corrected chi connectivity index (χ2v) is 4.68. The molecule has 7 heteroatoms. The first-order valence-electron chi connectivity index (χ1n) is 5.06. The normalized spacial score (nSPS) is 19.9. The Morgan fingerprint density at radius 1 is 1.41 bits per heavy atom. The minimum absolute atomic E-state index is 0.110. The molecule has 1 amide bonds. The van der Waals surface area contributed by atoms with E-state index in [1.807, 2.05) is 6.08 Å². The highest BCUT2D eigenvalue weighted by Crippen LogP contribution is 2.24. The number of carboxylic acid groups (broad SMARTS) is 2. The van der Waals surface area contributed by atoms with Crippen LogP contribution >= 0.6 is 11.8 Å². The molecule has 6 nitrogen and oxygen atoms in total. The number of nitrogens with one attached hydrogen (secondary N) is 1. The molecule has 0 saturated carbocycles.